The third kappa shape index (κ3) is 5.63. The molecular formula is C24H30N4O3. The molecule has 7 heteroatoms. The van der Waals surface area contributed by atoms with E-state index in [-0.39, 0.29) is 17.9 Å². The quantitative estimate of drug-likeness (QED) is 0.670. The minimum atomic E-state index is -0.153. The van der Waals surface area contributed by atoms with E-state index in [2.05, 4.69) is 17.2 Å². The van der Waals surface area contributed by atoms with Gasteiger partial charge in [-0.2, -0.15) is 0 Å². The molecule has 0 spiro atoms. The largest absolute Gasteiger partial charge is 0.496 e. The van der Waals surface area contributed by atoms with E-state index < -0.39 is 0 Å². The van der Waals surface area contributed by atoms with Gasteiger partial charge in [0, 0.05) is 43.4 Å². The highest BCUT2D eigenvalue weighted by molar-refractivity contribution is 5.95. The normalized spacial score (nSPS) is 14.1. The van der Waals surface area contributed by atoms with E-state index in [4.69, 9.17) is 9.72 Å². The number of piperidine rings is 1. The van der Waals surface area contributed by atoms with Crippen LogP contribution in [-0.2, 0) is 6.54 Å². The number of para-hydroxylation sites is 1. The number of aryl methyl sites for hydroxylation is 1. The molecule has 2 heterocycles. The number of hydrogen-bond acceptors (Lipinski definition) is 4. The first-order chi connectivity index (χ1) is 15.0. The second-order valence-corrected chi connectivity index (χ2v) is 7.62. The summed E-state index contributed by atoms with van der Waals surface area (Å²) < 4.78 is 5.37. The summed E-state index contributed by atoms with van der Waals surface area (Å²) in [6.07, 6.45) is 3.20. The zero-order valence-corrected chi connectivity index (χ0v) is 18.2. The lowest BCUT2D eigenvalue weighted by molar-refractivity contribution is 0.0947. The van der Waals surface area contributed by atoms with Crippen molar-refractivity contribution in [1.82, 2.24) is 20.5 Å². The van der Waals surface area contributed by atoms with E-state index in [9.17, 15) is 9.59 Å². The summed E-state index contributed by atoms with van der Waals surface area (Å²) in [6, 6.07) is 11.3. The number of aromatic nitrogens is 1. The Bertz CT molecular complexity index is 936. The molecule has 3 rings (SSSR count). The second-order valence-electron chi connectivity index (χ2n) is 7.62. The minimum absolute atomic E-state index is 0.0784. The Labute approximate surface area is 183 Å². The molecular weight excluding hydrogens is 392 g/mol. The molecule has 164 valence electrons. The highest BCUT2D eigenvalue weighted by Gasteiger charge is 2.27. The van der Waals surface area contributed by atoms with E-state index in [0.717, 1.165) is 35.5 Å². The van der Waals surface area contributed by atoms with Gasteiger partial charge in [0.05, 0.1) is 18.4 Å². The van der Waals surface area contributed by atoms with Gasteiger partial charge in [-0.3, -0.25) is 9.78 Å². The number of methoxy groups -OCH3 is 1. The molecule has 1 fully saturated rings. The molecule has 1 aromatic carbocycles. The third-order valence-corrected chi connectivity index (χ3v) is 5.51. The molecule has 31 heavy (non-hydrogen) atoms. The second kappa shape index (κ2) is 10.6. The Morgan fingerprint density at radius 1 is 1.19 bits per heavy atom. The highest BCUT2D eigenvalue weighted by Crippen LogP contribution is 2.29. The summed E-state index contributed by atoms with van der Waals surface area (Å²) in [5, 5.41) is 5.81. The van der Waals surface area contributed by atoms with Crippen LogP contribution in [0.25, 0.3) is 0 Å². The summed E-state index contributed by atoms with van der Waals surface area (Å²) in [5.41, 5.74) is 3.19. The lowest BCUT2D eigenvalue weighted by atomic mass is 9.90. The van der Waals surface area contributed by atoms with Gasteiger partial charge in [-0.1, -0.05) is 24.3 Å². The van der Waals surface area contributed by atoms with Crippen LogP contribution in [0.2, 0.25) is 0 Å². The molecule has 2 aromatic rings. The molecule has 1 saturated heterocycles. The fraction of sp³-hybridized carbons (Fsp3) is 0.375. The van der Waals surface area contributed by atoms with Gasteiger partial charge in [-0.15, -0.1) is 6.58 Å². The Hall–Kier alpha value is -3.35. The molecule has 3 amide bonds. The number of nitrogens with zero attached hydrogens (tertiary/aromatic N) is 2. The van der Waals surface area contributed by atoms with Crippen molar-refractivity contribution in [3.8, 4) is 5.75 Å². The maximum absolute atomic E-state index is 13.0. The molecule has 0 atom stereocenters. The topological polar surface area (TPSA) is 83.6 Å². The lowest BCUT2D eigenvalue weighted by Gasteiger charge is -2.32. The van der Waals surface area contributed by atoms with Crippen LogP contribution in [0.5, 0.6) is 5.75 Å². The SMILES string of the molecule is C=CCNC(=O)N1CCC(c2nc(C)ccc2C(=O)NCc2ccccc2OC)CC1. The molecule has 0 unspecified atom stereocenters. The van der Waals surface area contributed by atoms with Crippen LogP contribution in [0.15, 0.2) is 49.1 Å². The van der Waals surface area contributed by atoms with E-state index in [1.165, 1.54) is 0 Å². The van der Waals surface area contributed by atoms with Crippen LogP contribution in [-0.4, -0.2) is 48.6 Å². The van der Waals surface area contributed by atoms with Crippen LogP contribution in [0.3, 0.4) is 0 Å². The number of rotatable bonds is 7. The maximum atomic E-state index is 13.0. The highest BCUT2D eigenvalue weighted by atomic mass is 16.5. The first-order valence-corrected chi connectivity index (χ1v) is 10.5. The standard InChI is InChI=1S/C24H30N4O3/c1-4-13-25-24(30)28-14-11-18(12-15-28)22-20(10-9-17(2)27-22)23(29)26-16-19-7-5-6-8-21(19)31-3/h4-10,18H,1,11-16H2,2-3H3,(H,25,30)(H,26,29). The number of pyridine rings is 1. The molecule has 7 nitrogen and oxygen atoms in total. The number of nitrogens with one attached hydrogen (secondary N) is 2. The van der Waals surface area contributed by atoms with Crippen molar-refractivity contribution < 1.29 is 14.3 Å². The van der Waals surface area contributed by atoms with Crippen molar-refractivity contribution in [2.75, 3.05) is 26.7 Å². The number of carbonyl (C=O) groups is 2. The maximum Gasteiger partial charge on any atom is 0.317 e. The van der Waals surface area contributed by atoms with E-state index >= 15 is 0 Å². The van der Waals surface area contributed by atoms with Gasteiger partial charge in [0.25, 0.3) is 5.91 Å². The third-order valence-electron chi connectivity index (χ3n) is 5.51. The zero-order chi connectivity index (χ0) is 22.2. The van der Waals surface area contributed by atoms with Gasteiger partial charge in [0.1, 0.15) is 5.75 Å². The monoisotopic (exact) mass is 422 g/mol. The molecule has 0 aliphatic carbocycles. The Kier molecular flexibility index (Phi) is 7.65. The minimum Gasteiger partial charge on any atom is -0.496 e. The van der Waals surface area contributed by atoms with Crippen molar-refractivity contribution >= 4 is 11.9 Å². The van der Waals surface area contributed by atoms with E-state index in [1.54, 1.807) is 18.1 Å². The Morgan fingerprint density at radius 3 is 2.65 bits per heavy atom. The van der Waals surface area contributed by atoms with E-state index in [1.807, 2.05) is 43.3 Å². The predicted molar refractivity (Wildman–Crippen MR) is 120 cm³/mol. The molecule has 0 bridgehead atoms. The number of carbonyl (C=O) groups excluding carboxylic acids is 2. The number of urea groups is 1. The van der Waals surface area contributed by atoms with Crippen LogP contribution in [0.4, 0.5) is 4.79 Å². The van der Waals surface area contributed by atoms with Crippen molar-refractivity contribution in [2.45, 2.75) is 32.2 Å². The van der Waals surface area contributed by atoms with Crippen molar-refractivity contribution in [3.05, 3.63) is 71.6 Å². The van der Waals surface area contributed by atoms with Crippen LogP contribution in [0.1, 0.15) is 46.1 Å². The van der Waals surface area contributed by atoms with Crippen molar-refractivity contribution in [3.63, 3.8) is 0 Å². The first-order valence-electron chi connectivity index (χ1n) is 10.5. The number of hydrogen-bond donors (Lipinski definition) is 2. The molecule has 1 aromatic heterocycles. The van der Waals surface area contributed by atoms with Crippen LogP contribution >= 0.6 is 0 Å². The van der Waals surface area contributed by atoms with Crippen LogP contribution in [0, 0.1) is 6.92 Å². The Balaban J connectivity index is 1.69. The average molecular weight is 423 g/mol. The fourth-order valence-electron chi connectivity index (χ4n) is 3.83. The summed E-state index contributed by atoms with van der Waals surface area (Å²) >= 11 is 0. The van der Waals surface area contributed by atoms with E-state index in [0.29, 0.717) is 31.7 Å². The van der Waals surface area contributed by atoms with Crippen molar-refractivity contribution in [2.24, 2.45) is 0 Å². The number of ether oxygens (including phenoxy) is 1. The first kappa shape index (κ1) is 22.3. The van der Waals surface area contributed by atoms with Crippen molar-refractivity contribution in [1.29, 1.82) is 0 Å². The molecule has 0 radical (unpaired) electrons. The van der Waals surface area contributed by atoms with Gasteiger partial charge < -0.3 is 20.3 Å². The number of amides is 3. The van der Waals surface area contributed by atoms with Gasteiger partial charge in [0.15, 0.2) is 0 Å². The molecule has 0 saturated carbocycles. The van der Waals surface area contributed by atoms with Gasteiger partial charge in [-0.05, 0) is 38.0 Å². The number of likely N-dealkylation sites (tertiary alicyclic amines) is 1. The Morgan fingerprint density at radius 2 is 1.94 bits per heavy atom. The van der Waals surface area contributed by atoms with Gasteiger partial charge >= 0.3 is 6.03 Å². The summed E-state index contributed by atoms with van der Waals surface area (Å²) in [6.45, 7) is 7.64. The summed E-state index contributed by atoms with van der Waals surface area (Å²) in [5.74, 6) is 0.724. The fourth-order valence-corrected chi connectivity index (χ4v) is 3.83. The number of benzene rings is 1. The average Bonchev–Trinajstić information content (AvgIpc) is 2.81. The molecule has 1 aliphatic heterocycles. The van der Waals surface area contributed by atoms with Gasteiger partial charge in [0.2, 0.25) is 0 Å². The van der Waals surface area contributed by atoms with Crippen LogP contribution < -0.4 is 15.4 Å². The zero-order valence-electron chi connectivity index (χ0n) is 18.2. The predicted octanol–water partition coefficient (Wildman–Crippen LogP) is 3.40. The lowest BCUT2D eigenvalue weighted by Crippen LogP contribution is -2.44. The summed E-state index contributed by atoms with van der Waals surface area (Å²) in [4.78, 5) is 31.7. The molecule has 2 N–H and O–H groups in total. The smallest absolute Gasteiger partial charge is 0.317 e. The van der Waals surface area contributed by atoms with Gasteiger partial charge in [-0.25, -0.2) is 4.79 Å². The summed E-state index contributed by atoms with van der Waals surface area (Å²) in [7, 11) is 1.62. The molecule has 1 aliphatic rings.